The van der Waals surface area contributed by atoms with Crippen LogP contribution in [0.1, 0.15) is 75.4 Å². The number of rotatable bonds is 9. The number of carbonyl (C=O) groups excluding carboxylic acids is 2. The normalized spacial score (nSPS) is 19.5. The van der Waals surface area contributed by atoms with Gasteiger partial charge in [-0.1, -0.05) is 43.3 Å². The first-order chi connectivity index (χ1) is 19.8. The molecular weight excluding hydrogens is 538 g/mol. The molecule has 5 rings (SSSR count). The van der Waals surface area contributed by atoms with Crippen LogP contribution in [0.5, 0.6) is 0 Å². The van der Waals surface area contributed by atoms with Gasteiger partial charge < -0.3 is 24.7 Å². The number of anilines is 1. The van der Waals surface area contributed by atoms with Crippen LogP contribution in [-0.2, 0) is 9.59 Å². The van der Waals surface area contributed by atoms with Crippen LogP contribution in [0.3, 0.4) is 0 Å². The third-order valence-corrected chi connectivity index (χ3v) is 9.55. The Hall–Kier alpha value is -3.24. The van der Waals surface area contributed by atoms with Crippen molar-refractivity contribution in [1.29, 1.82) is 0 Å². The van der Waals surface area contributed by atoms with Crippen LogP contribution in [0.15, 0.2) is 40.4 Å². The first-order valence-electron chi connectivity index (χ1n) is 14.7. The fourth-order valence-electron chi connectivity index (χ4n) is 6.03. The van der Waals surface area contributed by atoms with Gasteiger partial charge in [0.1, 0.15) is 12.0 Å². The highest BCUT2D eigenvalue weighted by atomic mass is 32.1. The first-order valence-corrected chi connectivity index (χ1v) is 15.6. The van der Waals surface area contributed by atoms with Crippen molar-refractivity contribution in [1.82, 2.24) is 20.4 Å². The minimum Gasteiger partial charge on any atom is -0.396 e. The highest BCUT2D eigenvalue weighted by molar-refractivity contribution is 7.13. The van der Waals surface area contributed by atoms with Crippen molar-refractivity contribution >= 4 is 29.0 Å². The van der Waals surface area contributed by atoms with Crippen molar-refractivity contribution in [2.75, 3.05) is 31.1 Å². The van der Waals surface area contributed by atoms with E-state index in [1.165, 1.54) is 0 Å². The number of nitrogens with zero attached hydrogens (tertiary/aromatic N) is 4. The summed E-state index contributed by atoms with van der Waals surface area (Å²) in [6, 6.07) is 9.40. The second kappa shape index (κ2) is 12.7. The molecular formula is C31H41N5O4S. The Labute approximate surface area is 245 Å². The number of aliphatic hydroxyl groups is 1. The lowest BCUT2D eigenvalue weighted by atomic mass is 9.91. The zero-order chi connectivity index (χ0) is 29.1. The molecule has 2 saturated heterocycles. The summed E-state index contributed by atoms with van der Waals surface area (Å²) in [5.41, 5.74) is 4.99. The van der Waals surface area contributed by atoms with E-state index >= 15 is 0 Å². The van der Waals surface area contributed by atoms with Gasteiger partial charge in [-0.3, -0.25) is 9.59 Å². The predicted molar refractivity (Wildman–Crippen MR) is 160 cm³/mol. The van der Waals surface area contributed by atoms with E-state index in [0.29, 0.717) is 24.6 Å². The molecule has 2 aliphatic rings. The molecule has 220 valence electrons. The van der Waals surface area contributed by atoms with Gasteiger partial charge in [0.15, 0.2) is 11.6 Å². The van der Waals surface area contributed by atoms with E-state index in [4.69, 9.17) is 4.52 Å². The van der Waals surface area contributed by atoms with Gasteiger partial charge in [0.2, 0.25) is 11.8 Å². The second-order valence-electron chi connectivity index (χ2n) is 11.7. The Balaban J connectivity index is 1.24. The highest BCUT2D eigenvalue weighted by Gasteiger charge is 2.40. The Kier molecular flexibility index (Phi) is 9.09. The summed E-state index contributed by atoms with van der Waals surface area (Å²) >= 11 is 1.62. The lowest BCUT2D eigenvalue weighted by Crippen LogP contribution is -2.48. The number of aromatic nitrogens is 2. The molecule has 2 N–H and O–H groups in total. The lowest BCUT2D eigenvalue weighted by molar-refractivity contribution is -0.141. The molecule has 2 aliphatic heterocycles. The molecule has 9 nitrogen and oxygen atoms in total. The summed E-state index contributed by atoms with van der Waals surface area (Å²) in [5.74, 6) is 0.855. The smallest absolute Gasteiger partial charge is 0.243 e. The van der Waals surface area contributed by atoms with Crippen LogP contribution in [0, 0.1) is 18.8 Å². The minimum atomic E-state index is -0.514. The first kappa shape index (κ1) is 29.3. The number of hydrogen-bond donors (Lipinski definition) is 2. The van der Waals surface area contributed by atoms with E-state index in [1.54, 1.807) is 16.2 Å². The molecule has 1 unspecified atom stereocenters. The Morgan fingerprint density at radius 3 is 2.49 bits per heavy atom. The minimum absolute atomic E-state index is 0.0210. The van der Waals surface area contributed by atoms with E-state index in [1.807, 2.05) is 51.4 Å². The van der Waals surface area contributed by atoms with Crippen LogP contribution in [0.2, 0.25) is 0 Å². The van der Waals surface area contributed by atoms with Gasteiger partial charge in [-0.05, 0) is 62.5 Å². The van der Waals surface area contributed by atoms with Gasteiger partial charge >= 0.3 is 0 Å². The topological polar surface area (TPSA) is 112 Å². The number of carbonyl (C=O) groups is 2. The van der Waals surface area contributed by atoms with Crippen LogP contribution < -0.4 is 10.2 Å². The Morgan fingerprint density at radius 2 is 1.85 bits per heavy atom. The number of benzene rings is 1. The quantitative estimate of drug-likeness (QED) is 0.370. The monoisotopic (exact) mass is 579 g/mol. The second-order valence-corrected chi connectivity index (χ2v) is 12.6. The number of piperidine rings is 1. The number of nitrogens with one attached hydrogen (secondary N) is 1. The van der Waals surface area contributed by atoms with E-state index in [9.17, 15) is 14.7 Å². The molecule has 3 aromatic rings. The number of thiazole rings is 1. The van der Waals surface area contributed by atoms with Crippen LogP contribution in [0.4, 0.5) is 5.82 Å². The van der Waals surface area contributed by atoms with Gasteiger partial charge in [0.05, 0.1) is 22.1 Å². The summed E-state index contributed by atoms with van der Waals surface area (Å²) in [6.45, 7) is 10.4. The van der Waals surface area contributed by atoms with E-state index < -0.39 is 12.0 Å². The molecule has 3 atom stereocenters. The highest BCUT2D eigenvalue weighted by Crippen LogP contribution is 2.34. The maximum Gasteiger partial charge on any atom is 0.243 e. The fraction of sp³-hybridized carbons (Fsp3) is 0.548. The lowest BCUT2D eigenvalue weighted by Gasteiger charge is -2.30. The van der Waals surface area contributed by atoms with Crippen molar-refractivity contribution in [2.45, 2.75) is 71.4 Å². The van der Waals surface area contributed by atoms with E-state index in [2.05, 4.69) is 32.5 Å². The summed E-state index contributed by atoms with van der Waals surface area (Å²) in [5, 5.41) is 16.9. The Bertz CT molecular complexity index is 1330. The molecule has 2 amide bonds. The molecule has 2 aromatic heterocycles. The van der Waals surface area contributed by atoms with Crippen molar-refractivity contribution in [2.24, 2.45) is 11.8 Å². The van der Waals surface area contributed by atoms with Crippen molar-refractivity contribution < 1.29 is 19.2 Å². The molecule has 1 aromatic carbocycles. The van der Waals surface area contributed by atoms with Gasteiger partial charge in [0, 0.05) is 32.3 Å². The number of aliphatic hydroxyl groups excluding tert-OH is 1. The molecule has 0 aliphatic carbocycles. The third kappa shape index (κ3) is 6.33. The predicted octanol–water partition coefficient (Wildman–Crippen LogP) is 4.92. The van der Waals surface area contributed by atoms with Crippen molar-refractivity contribution in [3.8, 4) is 10.4 Å². The maximum absolute atomic E-state index is 13.9. The molecule has 0 spiro atoms. The van der Waals surface area contributed by atoms with Crippen LogP contribution in [0.25, 0.3) is 10.4 Å². The molecule has 4 heterocycles. The molecule has 2 fully saturated rings. The maximum atomic E-state index is 13.9. The molecule has 41 heavy (non-hydrogen) atoms. The van der Waals surface area contributed by atoms with E-state index in [0.717, 1.165) is 59.9 Å². The molecule has 0 radical (unpaired) electrons. The number of hydrogen-bond acceptors (Lipinski definition) is 8. The van der Waals surface area contributed by atoms with Gasteiger partial charge in [-0.25, -0.2) is 4.98 Å². The van der Waals surface area contributed by atoms with Gasteiger partial charge in [-0.15, -0.1) is 11.3 Å². The van der Waals surface area contributed by atoms with E-state index in [-0.39, 0.29) is 30.4 Å². The average Bonchev–Trinajstić information content (AvgIpc) is 3.74. The molecule has 10 heteroatoms. The number of likely N-dealkylation sites (tertiary alicyclic amines) is 1. The van der Waals surface area contributed by atoms with Gasteiger partial charge in [0.25, 0.3) is 0 Å². The summed E-state index contributed by atoms with van der Waals surface area (Å²) in [7, 11) is 0. The standard InChI is InChI=1S/C31H41N5O4S/c1-19(2)28(26-16-27(34-40-26)35-14-11-22(17-37)12-15-35)31(39)36-13-5-6-25(36)30(38)33-20(3)23-7-9-24(10-8-23)29-21(4)32-18-41-29/h7-10,16,18-20,22,25,28,37H,5-6,11-15,17H2,1-4H3,(H,33,38)/t20-,25-,28?/m0/s1. The molecule has 0 saturated carbocycles. The zero-order valence-corrected chi connectivity index (χ0v) is 25.2. The van der Waals surface area contributed by atoms with Gasteiger partial charge in [-0.2, -0.15) is 0 Å². The number of amides is 2. The van der Waals surface area contributed by atoms with Crippen LogP contribution >= 0.6 is 11.3 Å². The van der Waals surface area contributed by atoms with Crippen molar-refractivity contribution in [3.05, 3.63) is 52.9 Å². The Morgan fingerprint density at radius 1 is 1.12 bits per heavy atom. The number of aryl methyl sites for hydroxylation is 1. The SMILES string of the molecule is Cc1ncsc1-c1ccc([C@H](C)NC(=O)[C@@H]2CCCN2C(=O)C(c2cc(N3CCC(CO)CC3)no2)C(C)C)cc1. The summed E-state index contributed by atoms with van der Waals surface area (Å²) < 4.78 is 5.74. The zero-order valence-electron chi connectivity index (χ0n) is 24.4. The van der Waals surface area contributed by atoms with Crippen LogP contribution in [-0.4, -0.2) is 64.2 Å². The van der Waals surface area contributed by atoms with Crippen molar-refractivity contribution in [3.63, 3.8) is 0 Å². The third-order valence-electron chi connectivity index (χ3n) is 8.57. The summed E-state index contributed by atoms with van der Waals surface area (Å²) in [4.78, 5) is 36.7. The molecule has 0 bridgehead atoms. The summed E-state index contributed by atoms with van der Waals surface area (Å²) in [6.07, 6.45) is 3.24. The fourth-order valence-corrected chi connectivity index (χ4v) is 6.84. The average molecular weight is 580 g/mol. The largest absolute Gasteiger partial charge is 0.396 e.